The standard InChI is InChI=1S/C11H12O4.K.Na.2H/c1-11(9(12)13,10(14)15)7-8-5-3-2-4-6-8;;;;/h2-6H,7H2,1H3,(H,12,13)(H,14,15);;;;/q;2*+1;2*-1. The maximum Gasteiger partial charge on any atom is 1.00 e. The zero-order chi connectivity index (χ0) is 11.5. The smallest absolute Gasteiger partial charge is 1.00 e. The van der Waals surface area contributed by atoms with Gasteiger partial charge in [-0.25, -0.2) is 0 Å². The second kappa shape index (κ2) is 8.82. The minimum Gasteiger partial charge on any atom is -1.00 e. The third-order valence-electron chi connectivity index (χ3n) is 2.34. The SMILES string of the molecule is CC(Cc1ccccc1)(C(=O)O)C(=O)O.[H-].[H-].[K+].[Na+]. The Morgan fingerprint density at radius 1 is 1.18 bits per heavy atom. The Kier molecular flexibility index (Phi) is 10.4. The van der Waals surface area contributed by atoms with Gasteiger partial charge in [-0.05, 0) is 18.9 Å². The molecule has 0 aliphatic carbocycles. The first-order valence-corrected chi connectivity index (χ1v) is 4.47. The molecule has 17 heavy (non-hydrogen) atoms. The van der Waals surface area contributed by atoms with Gasteiger partial charge < -0.3 is 13.1 Å². The monoisotopic (exact) mass is 272 g/mol. The molecule has 0 heterocycles. The van der Waals surface area contributed by atoms with Crippen molar-refractivity contribution in [1.29, 1.82) is 0 Å². The van der Waals surface area contributed by atoms with E-state index in [-0.39, 0.29) is 90.2 Å². The average molecular weight is 272 g/mol. The Labute approximate surface area is 167 Å². The van der Waals surface area contributed by atoms with Crippen LogP contribution in [-0.4, -0.2) is 22.2 Å². The van der Waals surface area contributed by atoms with Gasteiger partial charge in [-0.2, -0.15) is 0 Å². The summed E-state index contributed by atoms with van der Waals surface area (Å²) in [5.74, 6) is -2.64. The molecular formula is C11H14KNaO4. The minimum atomic E-state index is -1.76. The van der Waals surface area contributed by atoms with E-state index in [2.05, 4.69) is 0 Å². The normalized spacial score (nSPS) is 9.71. The van der Waals surface area contributed by atoms with Gasteiger partial charge in [0.2, 0.25) is 0 Å². The number of carboxylic acid groups (broad SMARTS) is 2. The molecule has 84 valence electrons. The second-order valence-electron chi connectivity index (χ2n) is 3.60. The summed E-state index contributed by atoms with van der Waals surface area (Å²) in [4.78, 5) is 21.8. The largest absolute Gasteiger partial charge is 1.00 e. The van der Waals surface area contributed by atoms with E-state index in [4.69, 9.17) is 10.2 Å². The summed E-state index contributed by atoms with van der Waals surface area (Å²) >= 11 is 0. The van der Waals surface area contributed by atoms with E-state index in [1.165, 1.54) is 6.92 Å². The molecule has 4 nitrogen and oxygen atoms in total. The molecule has 0 bridgehead atoms. The molecule has 0 fully saturated rings. The minimum absolute atomic E-state index is 0. The first kappa shape index (κ1) is 20.1. The Morgan fingerprint density at radius 3 is 1.94 bits per heavy atom. The third-order valence-corrected chi connectivity index (χ3v) is 2.34. The van der Waals surface area contributed by atoms with Crippen LogP contribution in [0.1, 0.15) is 15.3 Å². The van der Waals surface area contributed by atoms with Crippen LogP contribution in [0.15, 0.2) is 30.3 Å². The molecule has 0 radical (unpaired) electrons. The van der Waals surface area contributed by atoms with Crippen LogP contribution in [0.5, 0.6) is 0 Å². The van der Waals surface area contributed by atoms with Crippen molar-refractivity contribution in [2.24, 2.45) is 5.41 Å². The molecule has 1 aromatic rings. The van der Waals surface area contributed by atoms with Gasteiger partial charge >= 0.3 is 92.9 Å². The topological polar surface area (TPSA) is 74.6 Å². The predicted octanol–water partition coefficient (Wildman–Crippen LogP) is -4.36. The third kappa shape index (κ3) is 5.53. The first-order valence-electron chi connectivity index (χ1n) is 4.47. The molecule has 0 atom stereocenters. The van der Waals surface area contributed by atoms with Gasteiger partial charge in [0.05, 0.1) is 0 Å². The van der Waals surface area contributed by atoms with E-state index >= 15 is 0 Å². The average Bonchev–Trinajstić information content (AvgIpc) is 2.18. The molecule has 0 saturated carbocycles. The van der Waals surface area contributed by atoms with Crippen LogP contribution in [-0.2, 0) is 16.0 Å². The van der Waals surface area contributed by atoms with Crippen LogP contribution >= 0.6 is 0 Å². The zero-order valence-corrected chi connectivity index (χ0v) is 15.4. The molecule has 1 aromatic carbocycles. The fraction of sp³-hybridized carbons (Fsp3) is 0.273. The Bertz CT molecular complexity index is 376. The molecule has 2 N–H and O–H groups in total. The Balaban J connectivity index is -0.000000281. The summed E-state index contributed by atoms with van der Waals surface area (Å²) in [6.07, 6.45) is -0.0154. The van der Waals surface area contributed by atoms with Crippen molar-refractivity contribution in [3.63, 3.8) is 0 Å². The van der Waals surface area contributed by atoms with Crippen molar-refractivity contribution in [3.05, 3.63) is 35.9 Å². The first-order chi connectivity index (χ1) is 6.97. The number of carboxylic acids is 2. The number of carbonyl (C=O) groups is 2. The van der Waals surface area contributed by atoms with Gasteiger partial charge in [0.25, 0.3) is 0 Å². The van der Waals surface area contributed by atoms with Crippen molar-refractivity contribution < 1.29 is 104 Å². The van der Waals surface area contributed by atoms with Crippen LogP contribution in [0.3, 0.4) is 0 Å². The second-order valence-corrected chi connectivity index (χ2v) is 3.60. The van der Waals surface area contributed by atoms with Crippen molar-refractivity contribution in [2.75, 3.05) is 0 Å². The van der Waals surface area contributed by atoms with Crippen molar-refractivity contribution >= 4 is 11.9 Å². The van der Waals surface area contributed by atoms with Crippen molar-refractivity contribution in [3.8, 4) is 0 Å². The maximum atomic E-state index is 10.9. The van der Waals surface area contributed by atoms with Gasteiger partial charge in [0, 0.05) is 0 Å². The van der Waals surface area contributed by atoms with E-state index in [1.807, 2.05) is 0 Å². The maximum absolute atomic E-state index is 10.9. The van der Waals surface area contributed by atoms with E-state index in [9.17, 15) is 9.59 Å². The van der Waals surface area contributed by atoms with Gasteiger partial charge in [-0.3, -0.25) is 9.59 Å². The molecule has 1 rings (SSSR count). The van der Waals surface area contributed by atoms with Crippen LogP contribution in [0, 0.1) is 5.41 Å². The van der Waals surface area contributed by atoms with E-state index in [0.29, 0.717) is 5.56 Å². The summed E-state index contributed by atoms with van der Waals surface area (Å²) in [5, 5.41) is 17.8. The number of hydrogen-bond acceptors (Lipinski definition) is 2. The Morgan fingerprint density at radius 2 is 1.59 bits per heavy atom. The molecule has 0 spiro atoms. The summed E-state index contributed by atoms with van der Waals surface area (Å²) < 4.78 is 0. The van der Waals surface area contributed by atoms with Crippen LogP contribution < -0.4 is 80.9 Å². The number of aliphatic carboxylic acids is 2. The Hall–Kier alpha value is 0.796. The molecule has 6 heteroatoms. The predicted molar refractivity (Wildman–Crippen MR) is 55.7 cm³/mol. The van der Waals surface area contributed by atoms with Gasteiger partial charge in [0.15, 0.2) is 5.41 Å². The van der Waals surface area contributed by atoms with Crippen LogP contribution in [0.25, 0.3) is 0 Å². The number of benzene rings is 1. The van der Waals surface area contributed by atoms with Gasteiger partial charge in [-0.15, -0.1) is 0 Å². The molecule has 0 aliphatic heterocycles. The van der Waals surface area contributed by atoms with Crippen molar-refractivity contribution in [1.82, 2.24) is 0 Å². The van der Waals surface area contributed by atoms with E-state index < -0.39 is 17.4 Å². The molecule has 0 aliphatic rings. The molecular weight excluding hydrogens is 258 g/mol. The summed E-state index contributed by atoms with van der Waals surface area (Å²) in [6, 6.07) is 8.72. The fourth-order valence-electron chi connectivity index (χ4n) is 1.25. The van der Waals surface area contributed by atoms with Crippen molar-refractivity contribution in [2.45, 2.75) is 13.3 Å². The molecule has 0 amide bonds. The fourth-order valence-corrected chi connectivity index (χ4v) is 1.25. The van der Waals surface area contributed by atoms with E-state index in [0.717, 1.165) is 0 Å². The zero-order valence-electron chi connectivity index (χ0n) is 12.3. The van der Waals surface area contributed by atoms with Gasteiger partial charge in [-0.1, -0.05) is 30.3 Å². The molecule has 0 aromatic heterocycles. The summed E-state index contributed by atoms with van der Waals surface area (Å²) in [5.41, 5.74) is -1.06. The summed E-state index contributed by atoms with van der Waals surface area (Å²) in [6.45, 7) is 1.21. The van der Waals surface area contributed by atoms with E-state index in [1.54, 1.807) is 30.3 Å². The number of rotatable bonds is 4. The van der Waals surface area contributed by atoms with Crippen LogP contribution in [0.4, 0.5) is 0 Å². The quantitative estimate of drug-likeness (QED) is 0.429. The molecule has 0 unspecified atom stereocenters. The molecule has 0 saturated heterocycles. The van der Waals surface area contributed by atoms with Crippen LogP contribution in [0.2, 0.25) is 0 Å². The number of hydrogen-bond donors (Lipinski definition) is 2. The van der Waals surface area contributed by atoms with Gasteiger partial charge in [0.1, 0.15) is 0 Å². The summed E-state index contributed by atoms with van der Waals surface area (Å²) in [7, 11) is 0.